The summed E-state index contributed by atoms with van der Waals surface area (Å²) in [6.07, 6.45) is 3.26. The molecule has 1 aliphatic rings. The molecule has 2 aromatic rings. The highest BCUT2D eigenvalue weighted by atomic mass is 32.2. The maximum absolute atomic E-state index is 14.2. The summed E-state index contributed by atoms with van der Waals surface area (Å²) in [7, 11) is 0. The molecule has 0 saturated carbocycles. The number of rotatable bonds is 4. The molecule has 23 heavy (non-hydrogen) atoms. The van der Waals surface area contributed by atoms with Crippen LogP contribution in [0.2, 0.25) is 0 Å². The summed E-state index contributed by atoms with van der Waals surface area (Å²) in [6.45, 7) is 1.76. The number of hydrogen-bond acceptors (Lipinski definition) is 4. The van der Waals surface area contributed by atoms with Gasteiger partial charge in [-0.1, -0.05) is 0 Å². The van der Waals surface area contributed by atoms with E-state index in [-0.39, 0.29) is 18.4 Å². The number of imidazole rings is 1. The Morgan fingerprint density at radius 2 is 2.30 bits per heavy atom. The highest BCUT2D eigenvalue weighted by Gasteiger charge is 2.23. The predicted octanol–water partition coefficient (Wildman–Crippen LogP) is 1.79. The number of anilines is 1. The van der Waals surface area contributed by atoms with Gasteiger partial charge >= 0.3 is 0 Å². The molecule has 8 heteroatoms. The molecular weight excluding hydrogens is 319 g/mol. The lowest BCUT2D eigenvalue weighted by Crippen LogP contribution is -2.34. The van der Waals surface area contributed by atoms with E-state index in [1.54, 1.807) is 36.0 Å². The van der Waals surface area contributed by atoms with E-state index in [9.17, 15) is 14.0 Å². The zero-order valence-corrected chi connectivity index (χ0v) is 13.3. The molecule has 3 rings (SSSR count). The number of nitrogens with one attached hydrogen (secondary N) is 1. The first-order valence-electron chi connectivity index (χ1n) is 7.00. The molecule has 0 aliphatic carbocycles. The van der Waals surface area contributed by atoms with Crippen molar-refractivity contribution in [1.82, 2.24) is 14.5 Å². The van der Waals surface area contributed by atoms with Gasteiger partial charge < -0.3 is 14.8 Å². The molecule has 1 aliphatic heterocycles. The van der Waals surface area contributed by atoms with Crippen molar-refractivity contribution < 1.29 is 14.0 Å². The second-order valence-electron chi connectivity index (χ2n) is 5.13. The summed E-state index contributed by atoms with van der Waals surface area (Å²) in [5.74, 6) is 0.733. The van der Waals surface area contributed by atoms with Crippen molar-refractivity contribution >= 4 is 29.3 Å². The standard InChI is InChI=1S/C15H15FN4O2S/c1-10-17-4-5-20(10)13-3-2-11(6-12(13)16)18-14(21)7-19-9-23-8-15(19)22/h2-6H,7-9H2,1H3,(H,18,21). The van der Waals surface area contributed by atoms with Crippen LogP contribution >= 0.6 is 11.8 Å². The molecule has 2 heterocycles. The minimum absolute atomic E-state index is 0.0180. The van der Waals surface area contributed by atoms with Gasteiger partial charge in [-0.25, -0.2) is 9.37 Å². The average molecular weight is 334 g/mol. The quantitative estimate of drug-likeness (QED) is 0.926. The van der Waals surface area contributed by atoms with Gasteiger partial charge in [-0.05, 0) is 25.1 Å². The predicted molar refractivity (Wildman–Crippen MR) is 85.9 cm³/mol. The number of amides is 2. The van der Waals surface area contributed by atoms with Crippen LogP contribution < -0.4 is 5.32 Å². The number of carbonyl (C=O) groups is 2. The van der Waals surface area contributed by atoms with Crippen molar-refractivity contribution in [3.63, 3.8) is 0 Å². The van der Waals surface area contributed by atoms with Crippen LogP contribution in [-0.4, -0.2) is 44.4 Å². The number of hydrogen-bond donors (Lipinski definition) is 1. The number of halogens is 1. The van der Waals surface area contributed by atoms with E-state index < -0.39 is 5.82 Å². The van der Waals surface area contributed by atoms with Crippen molar-refractivity contribution in [1.29, 1.82) is 0 Å². The Hall–Kier alpha value is -2.35. The first-order chi connectivity index (χ1) is 11.0. The van der Waals surface area contributed by atoms with Crippen molar-refractivity contribution in [3.8, 4) is 5.69 Å². The molecule has 0 bridgehead atoms. The summed E-state index contributed by atoms with van der Waals surface area (Å²) in [5.41, 5.74) is 0.720. The monoisotopic (exact) mass is 334 g/mol. The molecule has 1 saturated heterocycles. The van der Waals surface area contributed by atoms with Crippen molar-refractivity contribution in [2.45, 2.75) is 6.92 Å². The van der Waals surface area contributed by atoms with Gasteiger partial charge in [0.25, 0.3) is 0 Å². The van der Waals surface area contributed by atoms with E-state index in [2.05, 4.69) is 10.3 Å². The molecule has 1 aromatic carbocycles. The average Bonchev–Trinajstić information content (AvgIpc) is 3.09. The summed E-state index contributed by atoms with van der Waals surface area (Å²) in [5, 5.41) is 2.61. The Labute approximate surface area is 136 Å². The van der Waals surface area contributed by atoms with E-state index in [0.29, 0.717) is 28.8 Å². The number of aromatic nitrogens is 2. The van der Waals surface area contributed by atoms with Gasteiger partial charge in [0, 0.05) is 18.1 Å². The maximum Gasteiger partial charge on any atom is 0.244 e. The van der Waals surface area contributed by atoms with Gasteiger partial charge in [-0.3, -0.25) is 9.59 Å². The van der Waals surface area contributed by atoms with Gasteiger partial charge in [-0.15, -0.1) is 11.8 Å². The van der Waals surface area contributed by atoms with E-state index in [1.165, 1.54) is 22.7 Å². The van der Waals surface area contributed by atoms with Crippen molar-refractivity contribution in [2.24, 2.45) is 0 Å². The topological polar surface area (TPSA) is 67.2 Å². The molecule has 0 radical (unpaired) electrons. The molecule has 2 amide bonds. The van der Waals surface area contributed by atoms with E-state index in [4.69, 9.17) is 0 Å². The van der Waals surface area contributed by atoms with Crippen LogP contribution in [0.4, 0.5) is 10.1 Å². The third kappa shape index (κ3) is 3.37. The fraction of sp³-hybridized carbons (Fsp3) is 0.267. The molecule has 120 valence electrons. The first kappa shape index (κ1) is 15.5. The number of aryl methyl sites for hydroxylation is 1. The van der Waals surface area contributed by atoms with E-state index in [0.717, 1.165) is 0 Å². The fourth-order valence-corrected chi connectivity index (χ4v) is 3.23. The smallest absolute Gasteiger partial charge is 0.244 e. The minimum atomic E-state index is -0.461. The lowest BCUT2D eigenvalue weighted by atomic mass is 10.2. The molecule has 1 N–H and O–H groups in total. The first-order valence-corrected chi connectivity index (χ1v) is 8.15. The second kappa shape index (κ2) is 6.41. The van der Waals surface area contributed by atoms with Gasteiger partial charge in [-0.2, -0.15) is 0 Å². The van der Waals surface area contributed by atoms with Gasteiger partial charge in [0.15, 0.2) is 0 Å². The van der Waals surface area contributed by atoms with Crippen LogP contribution in [0.1, 0.15) is 5.82 Å². The molecule has 1 aromatic heterocycles. The van der Waals surface area contributed by atoms with Crippen LogP contribution in [0.15, 0.2) is 30.6 Å². The summed E-state index contributed by atoms with van der Waals surface area (Å²) in [6, 6.07) is 4.46. The van der Waals surface area contributed by atoms with Crippen LogP contribution in [0, 0.1) is 12.7 Å². The lowest BCUT2D eigenvalue weighted by molar-refractivity contribution is -0.130. The number of benzene rings is 1. The van der Waals surface area contributed by atoms with Gasteiger partial charge in [0.05, 0.1) is 17.3 Å². The Morgan fingerprint density at radius 3 is 2.91 bits per heavy atom. The third-order valence-corrected chi connectivity index (χ3v) is 4.42. The van der Waals surface area contributed by atoms with Crippen LogP contribution in [-0.2, 0) is 9.59 Å². The van der Waals surface area contributed by atoms with Crippen LogP contribution in [0.3, 0.4) is 0 Å². The SMILES string of the molecule is Cc1nccn1-c1ccc(NC(=O)CN2CSCC2=O)cc1F. The highest BCUT2D eigenvalue weighted by Crippen LogP contribution is 2.20. The Kier molecular flexibility index (Phi) is 4.33. The molecule has 1 fully saturated rings. The van der Waals surface area contributed by atoms with Crippen molar-refractivity contribution in [3.05, 3.63) is 42.2 Å². The summed E-state index contributed by atoms with van der Waals surface area (Å²) < 4.78 is 15.9. The molecule has 0 spiro atoms. The number of carbonyl (C=O) groups excluding carboxylic acids is 2. The van der Waals surface area contributed by atoms with Crippen LogP contribution in [0.25, 0.3) is 5.69 Å². The second-order valence-corrected chi connectivity index (χ2v) is 6.08. The molecular formula is C15H15FN4O2S. The largest absolute Gasteiger partial charge is 0.324 e. The Bertz CT molecular complexity index is 762. The molecule has 0 unspecified atom stereocenters. The Balaban J connectivity index is 1.69. The third-order valence-electron chi connectivity index (χ3n) is 3.48. The fourth-order valence-electron chi connectivity index (χ4n) is 2.33. The van der Waals surface area contributed by atoms with E-state index >= 15 is 0 Å². The highest BCUT2D eigenvalue weighted by molar-refractivity contribution is 8.00. The molecule has 6 nitrogen and oxygen atoms in total. The zero-order valence-electron chi connectivity index (χ0n) is 12.5. The summed E-state index contributed by atoms with van der Waals surface area (Å²) in [4.78, 5) is 29.0. The summed E-state index contributed by atoms with van der Waals surface area (Å²) >= 11 is 1.47. The van der Waals surface area contributed by atoms with Crippen LogP contribution in [0.5, 0.6) is 0 Å². The van der Waals surface area contributed by atoms with Gasteiger partial charge in [0.1, 0.15) is 18.2 Å². The van der Waals surface area contributed by atoms with E-state index in [1.807, 2.05) is 0 Å². The lowest BCUT2D eigenvalue weighted by Gasteiger charge is -2.14. The maximum atomic E-state index is 14.2. The van der Waals surface area contributed by atoms with Crippen molar-refractivity contribution in [2.75, 3.05) is 23.5 Å². The normalized spacial score (nSPS) is 14.3. The van der Waals surface area contributed by atoms with Gasteiger partial charge in [0.2, 0.25) is 11.8 Å². The number of thioether (sulfide) groups is 1. The Morgan fingerprint density at radius 1 is 1.48 bits per heavy atom. The number of nitrogens with zero attached hydrogens (tertiary/aromatic N) is 3. The zero-order chi connectivity index (χ0) is 16.4. The molecule has 0 atom stereocenters. The minimum Gasteiger partial charge on any atom is -0.324 e.